The Labute approximate surface area is 115 Å². The molecule has 0 aromatic carbocycles. The van der Waals surface area contributed by atoms with Crippen molar-refractivity contribution in [3.8, 4) is 0 Å². The maximum Gasteiger partial charge on any atom is 0.260 e. The number of hydrogen-bond donors (Lipinski definition) is 2. The van der Waals surface area contributed by atoms with Crippen LogP contribution in [-0.4, -0.2) is 30.9 Å². The Kier molecular flexibility index (Phi) is 3.03. The van der Waals surface area contributed by atoms with Crippen LogP contribution in [0.4, 0.5) is 5.82 Å². The molecule has 3 rings (SSSR count). The maximum absolute atomic E-state index is 12.5. The number of aromatic nitrogens is 2. The lowest BCUT2D eigenvalue weighted by Gasteiger charge is -2.07. The normalized spacial score (nSPS) is 22.8. The standard InChI is InChI=1S/C11H16N4O2S2/c1-3-7-6-8(7)14-19(16,17)10-9(12-2)13-11-15(10)4-5-18-11/h4-5,7-8,12,14H,3,6H2,1-2H3. The summed E-state index contributed by atoms with van der Waals surface area (Å²) in [6.07, 6.45) is 3.66. The van der Waals surface area contributed by atoms with Crippen molar-refractivity contribution >= 4 is 32.1 Å². The van der Waals surface area contributed by atoms with Gasteiger partial charge in [-0.1, -0.05) is 13.3 Å². The predicted molar refractivity (Wildman–Crippen MR) is 75.1 cm³/mol. The second-order valence-corrected chi connectivity index (χ2v) is 7.21. The molecule has 2 N–H and O–H groups in total. The number of sulfonamides is 1. The summed E-state index contributed by atoms with van der Waals surface area (Å²) in [6.45, 7) is 2.08. The fourth-order valence-electron chi connectivity index (χ4n) is 2.28. The average Bonchev–Trinajstić information content (AvgIpc) is 2.79. The van der Waals surface area contributed by atoms with Crippen molar-refractivity contribution in [3.63, 3.8) is 0 Å². The summed E-state index contributed by atoms with van der Waals surface area (Å²) in [6, 6.07) is 0.0730. The van der Waals surface area contributed by atoms with Crippen LogP contribution in [0.1, 0.15) is 19.8 Å². The summed E-state index contributed by atoms with van der Waals surface area (Å²) >= 11 is 1.41. The first-order valence-electron chi connectivity index (χ1n) is 6.22. The fraction of sp³-hybridized carbons (Fsp3) is 0.545. The molecule has 2 aromatic heterocycles. The van der Waals surface area contributed by atoms with Gasteiger partial charge in [0.05, 0.1) is 0 Å². The predicted octanol–water partition coefficient (Wildman–Crippen LogP) is 1.51. The second kappa shape index (κ2) is 4.46. The topological polar surface area (TPSA) is 75.5 Å². The number of rotatable bonds is 5. The molecule has 2 heterocycles. The van der Waals surface area contributed by atoms with E-state index in [0.29, 0.717) is 16.7 Å². The molecule has 0 radical (unpaired) electrons. The molecule has 0 spiro atoms. The van der Waals surface area contributed by atoms with E-state index in [4.69, 9.17) is 0 Å². The van der Waals surface area contributed by atoms with E-state index in [1.165, 1.54) is 11.3 Å². The summed E-state index contributed by atoms with van der Waals surface area (Å²) in [5.41, 5.74) is 0. The molecule has 0 saturated heterocycles. The van der Waals surface area contributed by atoms with Crippen molar-refractivity contribution in [2.75, 3.05) is 12.4 Å². The molecule has 2 unspecified atom stereocenters. The molecule has 8 heteroatoms. The molecule has 1 saturated carbocycles. The Morgan fingerprint density at radius 2 is 2.37 bits per heavy atom. The third kappa shape index (κ3) is 2.13. The summed E-state index contributed by atoms with van der Waals surface area (Å²) in [4.78, 5) is 4.95. The van der Waals surface area contributed by atoms with Gasteiger partial charge in [-0.3, -0.25) is 4.40 Å². The Morgan fingerprint density at radius 1 is 1.58 bits per heavy atom. The van der Waals surface area contributed by atoms with Crippen LogP contribution in [0.25, 0.3) is 4.96 Å². The van der Waals surface area contributed by atoms with Gasteiger partial charge in [0.1, 0.15) is 0 Å². The van der Waals surface area contributed by atoms with Crippen LogP contribution < -0.4 is 10.0 Å². The number of anilines is 1. The highest BCUT2D eigenvalue weighted by atomic mass is 32.2. The van der Waals surface area contributed by atoms with Crippen LogP contribution in [0.2, 0.25) is 0 Å². The summed E-state index contributed by atoms with van der Waals surface area (Å²) in [7, 11) is -1.86. The van der Waals surface area contributed by atoms with Crippen molar-refractivity contribution in [2.45, 2.75) is 30.8 Å². The van der Waals surface area contributed by atoms with Gasteiger partial charge in [-0.15, -0.1) is 11.3 Å². The molecule has 2 atom stereocenters. The van der Waals surface area contributed by atoms with Gasteiger partial charge in [0.2, 0.25) is 0 Å². The molecule has 104 valence electrons. The molecule has 1 aliphatic carbocycles. The van der Waals surface area contributed by atoms with E-state index >= 15 is 0 Å². The first-order valence-corrected chi connectivity index (χ1v) is 8.58. The van der Waals surface area contributed by atoms with E-state index in [1.807, 2.05) is 5.38 Å². The first-order chi connectivity index (χ1) is 9.06. The minimum atomic E-state index is -3.54. The molecule has 19 heavy (non-hydrogen) atoms. The summed E-state index contributed by atoms with van der Waals surface area (Å²) in [5.74, 6) is 0.867. The van der Waals surface area contributed by atoms with Gasteiger partial charge in [0, 0.05) is 24.7 Å². The van der Waals surface area contributed by atoms with Gasteiger partial charge >= 0.3 is 0 Å². The average molecular weight is 300 g/mol. The van der Waals surface area contributed by atoms with E-state index in [2.05, 4.69) is 21.9 Å². The minimum Gasteiger partial charge on any atom is -0.371 e. The number of imidazole rings is 1. The van der Waals surface area contributed by atoms with Crippen molar-refractivity contribution in [2.24, 2.45) is 5.92 Å². The van der Waals surface area contributed by atoms with Crippen LogP contribution in [0.3, 0.4) is 0 Å². The largest absolute Gasteiger partial charge is 0.371 e. The Hall–Kier alpha value is -1.12. The van der Waals surface area contributed by atoms with Crippen LogP contribution in [0, 0.1) is 5.92 Å². The van der Waals surface area contributed by atoms with E-state index in [1.54, 1.807) is 17.6 Å². The Bertz CT molecular complexity index is 703. The fourth-order valence-corrected chi connectivity index (χ4v) is 4.66. The quantitative estimate of drug-likeness (QED) is 0.878. The number of hydrogen-bond acceptors (Lipinski definition) is 5. The van der Waals surface area contributed by atoms with Gasteiger partial charge in [-0.05, 0) is 12.3 Å². The lowest BCUT2D eigenvalue weighted by molar-refractivity contribution is 0.571. The Morgan fingerprint density at radius 3 is 3.00 bits per heavy atom. The van der Waals surface area contributed by atoms with Gasteiger partial charge in [0.25, 0.3) is 10.0 Å². The molecule has 0 aliphatic heterocycles. The highest BCUT2D eigenvalue weighted by Gasteiger charge is 2.40. The number of fused-ring (bicyclic) bond motifs is 1. The van der Waals surface area contributed by atoms with E-state index in [9.17, 15) is 8.42 Å². The van der Waals surface area contributed by atoms with Gasteiger partial charge < -0.3 is 5.32 Å². The lowest BCUT2D eigenvalue weighted by atomic mass is 10.3. The molecule has 1 fully saturated rings. The maximum atomic E-state index is 12.5. The first kappa shape index (κ1) is 12.9. The smallest absolute Gasteiger partial charge is 0.260 e. The molecule has 6 nitrogen and oxygen atoms in total. The lowest BCUT2D eigenvalue weighted by Crippen LogP contribution is -2.28. The summed E-state index contributed by atoms with van der Waals surface area (Å²) < 4.78 is 29.4. The van der Waals surface area contributed by atoms with Gasteiger partial charge in [-0.2, -0.15) is 0 Å². The van der Waals surface area contributed by atoms with Crippen molar-refractivity contribution in [3.05, 3.63) is 11.6 Å². The minimum absolute atomic E-state index is 0.0730. The van der Waals surface area contributed by atoms with Gasteiger partial charge in [0.15, 0.2) is 15.8 Å². The van der Waals surface area contributed by atoms with Crippen LogP contribution in [0.15, 0.2) is 16.6 Å². The number of nitrogens with zero attached hydrogens (tertiary/aromatic N) is 2. The molecule has 2 aromatic rings. The van der Waals surface area contributed by atoms with E-state index in [-0.39, 0.29) is 11.1 Å². The zero-order valence-electron chi connectivity index (χ0n) is 10.8. The van der Waals surface area contributed by atoms with Crippen molar-refractivity contribution < 1.29 is 8.42 Å². The number of nitrogens with one attached hydrogen (secondary N) is 2. The Balaban J connectivity index is 2.00. The molecular formula is C11H16N4O2S2. The van der Waals surface area contributed by atoms with Gasteiger partial charge in [-0.25, -0.2) is 18.1 Å². The monoisotopic (exact) mass is 300 g/mol. The third-order valence-electron chi connectivity index (χ3n) is 3.46. The van der Waals surface area contributed by atoms with E-state index < -0.39 is 10.0 Å². The SMILES string of the molecule is CCC1CC1NS(=O)(=O)c1c(NC)nc2sccn12. The van der Waals surface area contributed by atoms with Crippen LogP contribution in [0.5, 0.6) is 0 Å². The highest BCUT2D eigenvalue weighted by Crippen LogP contribution is 2.35. The molecule has 0 amide bonds. The zero-order valence-corrected chi connectivity index (χ0v) is 12.4. The molecular weight excluding hydrogens is 284 g/mol. The molecule has 1 aliphatic rings. The van der Waals surface area contributed by atoms with Crippen molar-refractivity contribution in [1.29, 1.82) is 0 Å². The van der Waals surface area contributed by atoms with Crippen LogP contribution >= 0.6 is 11.3 Å². The summed E-state index contributed by atoms with van der Waals surface area (Å²) in [5, 5.41) is 4.88. The van der Waals surface area contributed by atoms with Crippen molar-refractivity contribution in [1.82, 2.24) is 14.1 Å². The highest BCUT2D eigenvalue weighted by molar-refractivity contribution is 7.89. The number of thiazole rings is 1. The third-order valence-corrected chi connectivity index (χ3v) is 5.73. The second-order valence-electron chi connectivity index (χ2n) is 4.70. The molecule has 0 bridgehead atoms. The van der Waals surface area contributed by atoms with Crippen LogP contribution in [-0.2, 0) is 10.0 Å². The van der Waals surface area contributed by atoms with E-state index in [0.717, 1.165) is 12.8 Å². The zero-order chi connectivity index (χ0) is 13.6.